The van der Waals surface area contributed by atoms with Gasteiger partial charge in [-0.2, -0.15) is 0 Å². The number of nitrogens with zero attached hydrogens (tertiary/aromatic N) is 4. The predicted octanol–water partition coefficient (Wildman–Crippen LogP) is 2.09. The van der Waals surface area contributed by atoms with Gasteiger partial charge in [0.25, 0.3) is 0 Å². The molecule has 1 saturated heterocycles. The summed E-state index contributed by atoms with van der Waals surface area (Å²) >= 11 is 0. The number of hydrogen-bond acceptors (Lipinski definition) is 4. The number of rotatable bonds is 7. The van der Waals surface area contributed by atoms with Crippen molar-refractivity contribution in [1.29, 1.82) is 0 Å². The summed E-state index contributed by atoms with van der Waals surface area (Å²) in [4.78, 5) is 25.5. The number of piperazine rings is 1. The van der Waals surface area contributed by atoms with Crippen molar-refractivity contribution in [2.24, 2.45) is 4.99 Å². The van der Waals surface area contributed by atoms with Crippen molar-refractivity contribution >= 4 is 41.7 Å². The minimum absolute atomic E-state index is 0. The van der Waals surface area contributed by atoms with Gasteiger partial charge in [-0.15, -0.1) is 24.0 Å². The maximum atomic E-state index is 11.9. The van der Waals surface area contributed by atoms with E-state index in [2.05, 4.69) is 44.3 Å². The van der Waals surface area contributed by atoms with Crippen molar-refractivity contribution in [3.05, 3.63) is 24.4 Å². The van der Waals surface area contributed by atoms with Crippen LogP contribution in [0.5, 0.6) is 0 Å². The highest BCUT2D eigenvalue weighted by Crippen LogP contribution is 2.12. The predicted molar refractivity (Wildman–Crippen MR) is 122 cm³/mol. The van der Waals surface area contributed by atoms with Gasteiger partial charge in [-0.25, -0.2) is 4.98 Å². The Hall–Kier alpha value is -1.58. The van der Waals surface area contributed by atoms with E-state index in [1.165, 1.54) is 0 Å². The first kappa shape index (κ1) is 23.5. The Labute approximate surface area is 180 Å². The highest BCUT2D eigenvalue weighted by molar-refractivity contribution is 14.0. The number of guanidine groups is 1. The second-order valence-corrected chi connectivity index (χ2v) is 6.52. The van der Waals surface area contributed by atoms with Crippen LogP contribution < -0.4 is 15.5 Å². The van der Waals surface area contributed by atoms with Crippen LogP contribution in [0.25, 0.3) is 0 Å². The number of aromatic nitrogens is 1. The van der Waals surface area contributed by atoms with Crippen molar-refractivity contribution in [2.45, 2.75) is 39.7 Å². The minimum Gasteiger partial charge on any atom is -0.357 e. The van der Waals surface area contributed by atoms with Crippen LogP contribution >= 0.6 is 24.0 Å². The van der Waals surface area contributed by atoms with E-state index in [4.69, 9.17) is 0 Å². The van der Waals surface area contributed by atoms with Crippen LogP contribution in [0.1, 0.15) is 33.6 Å². The van der Waals surface area contributed by atoms with Crippen molar-refractivity contribution < 1.29 is 4.79 Å². The van der Waals surface area contributed by atoms with Crippen LogP contribution in [-0.2, 0) is 4.79 Å². The van der Waals surface area contributed by atoms with E-state index in [1.807, 2.05) is 31.3 Å². The second kappa shape index (κ2) is 12.7. The van der Waals surface area contributed by atoms with E-state index >= 15 is 0 Å². The lowest BCUT2D eigenvalue weighted by molar-refractivity contribution is -0.121. The van der Waals surface area contributed by atoms with Gasteiger partial charge in [-0.3, -0.25) is 9.79 Å². The molecule has 2 N–H and O–H groups in total. The summed E-state index contributed by atoms with van der Waals surface area (Å²) in [6.07, 6.45) is 3.20. The van der Waals surface area contributed by atoms with Gasteiger partial charge in [0.1, 0.15) is 5.82 Å². The number of aliphatic imine (C=N–C) groups is 1. The van der Waals surface area contributed by atoms with Crippen LogP contribution in [0, 0.1) is 0 Å². The van der Waals surface area contributed by atoms with Crippen LogP contribution in [0.15, 0.2) is 29.4 Å². The lowest BCUT2D eigenvalue weighted by Crippen LogP contribution is -2.52. The number of amides is 1. The third kappa shape index (κ3) is 7.90. The van der Waals surface area contributed by atoms with Crippen molar-refractivity contribution in [3.63, 3.8) is 0 Å². The van der Waals surface area contributed by atoms with Gasteiger partial charge in [-0.1, -0.05) is 13.0 Å². The summed E-state index contributed by atoms with van der Waals surface area (Å²) in [6, 6.07) is 6.22. The topological polar surface area (TPSA) is 72.9 Å². The summed E-state index contributed by atoms with van der Waals surface area (Å²) in [7, 11) is 0. The molecule has 1 fully saturated rings. The van der Waals surface area contributed by atoms with Crippen molar-refractivity contribution in [2.75, 3.05) is 44.2 Å². The number of anilines is 1. The standard InChI is InChI=1S/C19H32N6O.HI/c1-4-16(3)23-18(26)9-11-22-19(20-5-2)25-14-12-24(13-15-25)17-8-6-7-10-21-17;/h6-8,10,16H,4-5,9,11-15H2,1-3H3,(H,20,22)(H,23,26);1H. The molecule has 1 aliphatic rings. The van der Waals surface area contributed by atoms with Crippen LogP contribution in [0.3, 0.4) is 0 Å². The molecule has 1 atom stereocenters. The van der Waals surface area contributed by atoms with Crippen molar-refractivity contribution in [1.82, 2.24) is 20.5 Å². The number of pyridine rings is 1. The monoisotopic (exact) mass is 488 g/mol. The van der Waals surface area contributed by atoms with Gasteiger partial charge in [0.2, 0.25) is 5.91 Å². The van der Waals surface area contributed by atoms with Gasteiger partial charge in [-0.05, 0) is 32.4 Å². The minimum atomic E-state index is 0. The van der Waals surface area contributed by atoms with Crippen molar-refractivity contribution in [3.8, 4) is 0 Å². The molecular formula is C19H33IN6O. The van der Waals surface area contributed by atoms with E-state index in [-0.39, 0.29) is 35.9 Å². The first-order valence-electron chi connectivity index (χ1n) is 9.62. The van der Waals surface area contributed by atoms with Gasteiger partial charge in [0.15, 0.2) is 5.96 Å². The van der Waals surface area contributed by atoms with Gasteiger partial charge >= 0.3 is 0 Å². The molecule has 27 heavy (non-hydrogen) atoms. The number of carbonyl (C=O) groups excluding carboxylic acids is 1. The van der Waals surface area contributed by atoms with Gasteiger partial charge in [0, 0.05) is 51.4 Å². The van der Waals surface area contributed by atoms with E-state index in [9.17, 15) is 4.79 Å². The number of halogens is 1. The zero-order chi connectivity index (χ0) is 18.8. The fourth-order valence-corrected chi connectivity index (χ4v) is 2.83. The molecule has 0 bridgehead atoms. The third-order valence-electron chi connectivity index (χ3n) is 4.51. The average Bonchev–Trinajstić information content (AvgIpc) is 2.68. The van der Waals surface area contributed by atoms with Crippen LogP contribution in [-0.4, -0.2) is 67.1 Å². The summed E-state index contributed by atoms with van der Waals surface area (Å²) in [6.45, 7) is 11.1. The highest BCUT2D eigenvalue weighted by atomic mass is 127. The molecule has 2 heterocycles. The molecule has 0 saturated carbocycles. The Kier molecular flexibility index (Phi) is 11.1. The third-order valence-corrected chi connectivity index (χ3v) is 4.51. The quantitative estimate of drug-likeness (QED) is 0.350. The van der Waals surface area contributed by atoms with E-state index in [1.54, 1.807) is 0 Å². The molecule has 7 nitrogen and oxygen atoms in total. The fraction of sp³-hybridized carbons (Fsp3) is 0.632. The Bertz CT molecular complexity index is 575. The summed E-state index contributed by atoms with van der Waals surface area (Å²) in [5.41, 5.74) is 0. The summed E-state index contributed by atoms with van der Waals surface area (Å²) in [5.74, 6) is 1.99. The van der Waals surface area contributed by atoms with E-state index in [0.29, 0.717) is 13.0 Å². The molecule has 2 rings (SSSR count). The molecule has 0 aliphatic carbocycles. The molecule has 1 unspecified atom stereocenters. The molecule has 1 amide bonds. The smallest absolute Gasteiger partial charge is 0.222 e. The molecule has 1 aromatic rings. The largest absolute Gasteiger partial charge is 0.357 e. The summed E-state index contributed by atoms with van der Waals surface area (Å²) in [5, 5.41) is 6.33. The normalized spacial score (nSPS) is 15.7. The summed E-state index contributed by atoms with van der Waals surface area (Å²) < 4.78 is 0. The van der Waals surface area contributed by atoms with E-state index < -0.39 is 0 Å². The maximum Gasteiger partial charge on any atom is 0.222 e. The SMILES string of the molecule is CCNC(=NCCC(=O)NC(C)CC)N1CCN(c2ccccn2)CC1.I. The van der Waals surface area contributed by atoms with Gasteiger partial charge < -0.3 is 20.4 Å². The van der Waals surface area contributed by atoms with Crippen LogP contribution in [0.4, 0.5) is 5.82 Å². The highest BCUT2D eigenvalue weighted by Gasteiger charge is 2.20. The zero-order valence-electron chi connectivity index (χ0n) is 16.6. The zero-order valence-corrected chi connectivity index (χ0v) is 19.0. The molecule has 1 aromatic heterocycles. The Morgan fingerprint density at radius 2 is 2.00 bits per heavy atom. The average molecular weight is 488 g/mol. The molecule has 0 aromatic carbocycles. The fourth-order valence-electron chi connectivity index (χ4n) is 2.83. The first-order valence-corrected chi connectivity index (χ1v) is 9.62. The number of hydrogen-bond donors (Lipinski definition) is 2. The molecular weight excluding hydrogens is 455 g/mol. The number of nitrogens with one attached hydrogen (secondary N) is 2. The molecule has 8 heteroatoms. The Balaban J connectivity index is 0.00000364. The lowest BCUT2D eigenvalue weighted by atomic mass is 10.2. The second-order valence-electron chi connectivity index (χ2n) is 6.52. The molecule has 1 aliphatic heterocycles. The molecule has 152 valence electrons. The Morgan fingerprint density at radius 1 is 1.26 bits per heavy atom. The molecule has 0 radical (unpaired) electrons. The maximum absolute atomic E-state index is 11.9. The lowest BCUT2D eigenvalue weighted by Gasteiger charge is -2.37. The van der Waals surface area contributed by atoms with E-state index in [0.717, 1.165) is 50.9 Å². The Morgan fingerprint density at radius 3 is 2.59 bits per heavy atom. The van der Waals surface area contributed by atoms with Gasteiger partial charge in [0.05, 0.1) is 6.54 Å². The number of carbonyl (C=O) groups is 1. The first-order chi connectivity index (χ1) is 12.6. The molecule has 0 spiro atoms. The van der Waals surface area contributed by atoms with Crippen LogP contribution in [0.2, 0.25) is 0 Å².